The molecule has 0 radical (unpaired) electrons. The maximum Gasteiger partial charge on any atom is 0.173 e. The predicted molar refractivity (Wildman–Crippen MR) is 113 cm³/mol. The lowest BCUT2D eigenvalue weighted by Crippen LogP contribution is -2.35. The molecule has 0 bridgehead atoms. The van der Waals surface area contributed by atoms with E-state index in [1.807, 2.05) is 30.0 Å². The molecule has 1 aliphatic rings. The largest absolute Gasteiger partial charge is 0.365 e. The van der Waals surface area contributed by atoms with Gasteiger partial charge in [0.15, 0.2) is 11.6 Å². The number of halogens is 4. The number of anilines is 2. The maximum absolute atomic E-state index is 14.3. The monoisotopic (exact) mass is 452 g/mol. The van der Waals surface area contributed by atoms with Gasteiger partial charge in [-0.15, -0.1) is 0 Å². The van der Waals surface area contributed by atoms with E-state index >= 15 is 0 Å². The minimum absolute atomic E-state index is 0.0971. The van der Waals surface area contributed by atoms with E-state index < -0.39 is 11.6 Å². The zero-order valence-electron chi connectivity index (χ0n) is 15.3. The Morgan fingerprint density at radius 3 is 2.76 bits per heavy atom. The maximum atomic E-state index is 14.3. The minimum Gasteiger partial charge on any atom is -0.365 e. The SMILES string of the molecule is Cc1cc(Cl)ccc1Sc1cnc2c(n1)N(Cc1c(F)ccc(F)c1Cl)CCN2. The molecule has 2 heterocycles. The van der Waals surface area contributed by atoms with Crippen molar-refractivity contribution >= 4 is 46.6 Å². The number of hydrogen-bond acceptors (Lipinski definition) is 5. The molecule has 29 heavy (non-hydrogen) atoms. The summed E-state index contributed by atoms with van der Waals surface area (Å²) in [5.41, 5.74) is 1.14. The van der Waals surface area contributed by atoms with Crippen LogP contribution in [0.15, 0.2) is 46.5 Å². The Hall–Kier alpha value is -2.09. The first kappa shape index (κ1) is 20.2. The van der Waals surface area contributed by atoms with Crippen molar-refractivity contribution in [3.63, 3.8) is 0 Å². The Labute approximate surface area is 181 Å². The van der Waals surface area contributed by atoms with Crippen LogP contribution in [0.25, 0.3) is 0 Å². The summed E-state index contributed by atoms with van der Waals surface area (Å²) in [5.74, 6) is -0.0206. The summed E-state index contributed by atoms with van der Waals surface area (Å²) in [5, 5.41) is 4.34. The lowest BCUT2D eigenvalue weighted by atomic mass is 10.1. The van der Waals surface area contributed by atoms with Crippen LogP contribution in [0.3, 0.4) is 0 Å². The summed E-state index contributed by atoms with van der Waals surface area (Å²) in [4.78, 5) is 12.0. The number of rotatable bonds is 4. The average Bonchev–Trinajstić information content (AvgIpc) is 2.70. The second-order valence-corrected chi connectivity index (χ2v) is 8.44. The smallest absolute Gasteiger partial charge is 0.173 e. The van der Waals surface area contributed by atoms with Crippen LogP contribution in [0.2, 0.25) is 10.0 Å². The van der Waals surface area contributed by atoms with E-state index in [1.54, 1.807) is 6.20 Å². The second kappa shape index (κ2) is 8.34. The highest BCUT2D eigenvalue weighted by Crippen LogP contribution is 2.35. The molecular formula is C20H16Cl2F2N4S. The van der Waals surface area contributed by atoms with Crippen molar-refractivity contribution in [1.82, 2.24) is 9.97 Å². The summed E-state index contributed by atoms with van der Waals surface area (Å²) >= 11 is 13.5. The molecule has 0 saturated carbocycles. The molecule has 0 atom stereocenters. The number of nitrogens with one attached hydrogen (secondary N) is 1. The first-order valence-electron chi connectivity index (χ1n) is 8.84. The highest BCUT2D eigenvalue weighted by Gasteiger charge is 2.23. The van der Waals surface area contributed by atoms with Crippen molar-refractivity contribution in [1.29, 1.82) is 0 Å². The van der Waals surface area contributed by atoms with Gasteiger partial charge in [0.1, 0.15) is 16.7 Å². The highest BCUT2D eigenvalue weighted by molar-refractivity contribution is 7.99. The zero-order chi connectivity index (χ0) is 20.5. The van der Waals surface area contributed by atoms with Crippen molar-refractivity contribution < 1.29 is 8.78 Å². The van der Waals surface area contributed by atoms with Crippen molar-refractivity contribution in [2.75, 3.05) is 23.3 Å². The summed E-state index contributed by atoms with van der Waals surface area (Å²) in [6, 6.07) is 7.75. The van der Waals surface area contributed by atoms with Crippen LogP contribution in [-0.4, -0.2) is 23.1 Å². The van der Waals surface area contributed by atoms with Crippen LogP contribution >= 0.6 is 35.0 Å². The van der Waals surface area contributed by atoms with E-state index in [4.69, 9.17) is 28.2 Å². The summed E-state index contributed by atoms with van der Waals surface area (Å²) < 4.78 is 28.1. The Morgan fingerprint density at radius 2 is 1.97 bits per heavy atom. The third-order valence-electron chi connectivity index (χ3n) is 4.55. The quantitative estimate of drug-likeness (QED) is 0.495. The molecule has 3 aromatic rings. The first-order valence-corrected chi connectivity index (χ1v) is 10.4. The van der Waals surface area contributed by atoms with Crippen molar-refractivity contribution in [3.05, 3.63) is 69.3 Å². The van der Waals surface area contributed by atoms with Gasteiger partial charge in [0, 0.05) is 35.1 Å². The van der Waals surface area contributed by atoms with Gasteiger partial charge in [-0.05, 0) is 42.8 Å². The predicted octanol–water partition coefficient (Wildman–Crippen LogP) is 5.95. The molecular weight excluding hydrogens is 437 g/mol. The molecule has 0 amide bonds. The van der Waals surface area contributed by atoms with Crippen LogP contribution in [0, 0.1) is 18.6 Å². The van der Waals surface area contributed by atoms with Gasteiger partial charge in [-0.3, -0.25) is 0 Å². The summed E-state index contributed by atoms with van der Waals surface area (Å²) in [7, 11) is 0. The Balaban J connectivity index is 1.65. The van der Waals surface area contributed by atoms with E-state index in [1.165, 1.54) is 11.8 Å². The number of aromatic nitrogens is 2. The van der Waals surface area contributed by atoms with Gasteiger partial charge >= 0.3 is 0 Å². The van der Waals surface area contributed by atoms with Crippen LogP contribution in [0.1, 0.15) is 11.1 Å². The minimum atomic E-state index is -0.646. The molecule has 2 aromatic carbocycles. The number of nitrogens with zero attached hydrogens (tertiary/aromatic N) is 3. The highest BCUT2D eigenvalue weighted by atomic mass is 35.5. The van der Waals surface area contributed by atoms with E-state index in [9.17, 15) is 8.78 Å². The molecule has 1 aliphatic heterocycles. The fraction of sp³-hybridized carbons (Fsp3) is 0.200. The molecule has 0 unspecified atom stereocenters. The fourth-order valence-electron chi connectivity index (χ4n) is 3.07. The van der Waals surface area contributed by atoms with Crippen LogP contribution < -0.4 is 10.2 Å². The third-order valence-corrected chi connectivity index (χ3v) is 6.27. The van der Waals surface area contributed by atoms with Gasteiger partial charge < -0.3 is 10.2 Å². The number of aryl methyl sites for hydroxylation is 1. The van der Waals surface area contributed by atoms with Gasteiger partial charge in [0.05, 0.1) is 11.2 Å². The molecule has 1 N–H and O–H groups in total. The Kier molecular flexibility index (Phi) is 5.81. The molecule has 0 aliphatic carbocycles. The van der Waals surface area contributed by atoms with Gasteiger partial charge in [0.2, 0.25) is 0 Å². The molecule has 4 rings (SSSR count). The standard InChI is InChI=1S/C20H16Cl2F2N4S/c1-11-8-12(21)2-5-16(11)29-17-9-26-19-20(27-17)28(7-6-25-19)10-13-14(23)3-4-15(24)18(13)22/h2-5,8-9H,6-7,10H2,1H3,(H,25,26). The molecule has 1 aromatic heterocycles. The van der Waals surface area contributed by atoms with Gasteiger partial charge in [-0.25, -0.2) is 18.7 Å². The molecule has 9 heteroatoms. The second-order valence-electron chi connectivity index (χ2n) is 6.56. The Bertz CT molecular complexity index is 1080. The topological polar surface area (TPSA) is 41.1 Å². The van der Waals surface area contributed by atoms with E-state index in [0.29, 0.717) is 34.8 Å². The van der Waals surface area contributed by atoms with Crippen LogP contribution in [0.5, 0.6) is 0 Å². The number of hydrogen-bond donors (Lipinski definition) is 1. The Morgan fingerprint density at radius 1 is 1.17 bits per heavy atom. The normalized spacial score (nSPS) is 13.2. The summed E-state index contributed by atoms with van der Waals surface area (Å²) in [6.07, 6.45) is 1.68. The lowest BCUT2D eigenvalue weighted by molar-refractivity contribution is 0.580. The van der Waals surface area contributed by atoms with E-state index in [-0.39, 0.29) is 17.1 Å². The van der Waals surface area contributed by atoms with Gasteiger partial charge in [-0.2, -0.15) is 0 Å². The van der Waals surface area contributed by atoms with Crippen molar-refractivity contribution in [3.8, 4) is 0 Å². The van der Waals surface area contributed by atoms with Crippen molar-refractivity contribution in [2.24, 2.45) is 0 Å². The molecule has 0 saturated heterocycles. The molecule has 0 fully saturated rings. The number of fused-ring (bicyclic) bond motifs is 1. The molecule has 4 nitrogen and oxygen atoms in total. The number of benzene rings is 2. The van der Waals surface area contributed by atoms with Gasteiger partial charge in [0.25, 0.3) is 0 Å². The summed E-state index contributed by atoms with van der Waals surface area (Å²) in [6.45, 7) is 3.24. The van der Waals surface area contributed by atoms with Crippen LogP contribution in [0.4, 0.5) is 20.4 Å². The first-order chi connectivity index (χ1) is 13.9. The van der Waals surface area contributed by atoms with E-state index in [0.717, 1.165) is 22.6 Å². The zero-order valence-corrected chi connectivity index (χ0v) is 17.7. The van der Waals surface area contributed by atoms with Crippen LogP contribution in [-0.2, 0) is 6.54 Å². The fourth-order valence-corrected chi connectivity index (χ4v) is 4.33. The third kappa shape index (κ3) is 4.27. The molecule has 0 spiro atoms. The van der Waals surface area contributed by atoms with Crippen molar-refractivity contribution in [2.45, 2.75) is 23.4 Å². The van der Waals surface area contributed by atoms with E-state index in [2.05, 4.69) is 10.3 Å². The molecule has 150 valence electrons. The van der Waals surface area contributed by atoms with Gasteiger partial charge in [-0.1, -0.05) is 35.0 Å². The lowest BCUT2D eigenvalue weighted by Gasteiger charge is -2.30. The average molecular weight is 453 g/mol.